The average Bonchev–Trinajstić information content (AvgIpc) is 4.15. The van der Waals surface area contributed by atoms with E-state index in [1.165, 1.54) is 33.4 Å². The molecule has 6 aromatic heterocycles. The predicted molar refractivity (Wildman–Crippen MR) is 237 cm³/mol. The summed E-state index contributed by atoms with van der Waals surface area (Å²) >= 11 is 0. The maximum absolute atomic E-state index is 13.3. The molecule has 0 saturated carbocycles. The van der Waals surface area contributed by atoms with Crippen LogP contribution in [0.3, 0.4) is 0 Å². The number of alkyl halides is 3. The topological polar surface area (TPSA) is 209 Å². The second-order valence-electron chi connectivity index (χ2n) is 16.7. The Kier molecular flexibility index (Phi) is 11.6. The minimum Gasteiger partial charge on any atom is -0.329 e. The number of likely N-dealkylation sites (tertiary alicyclic amines) is 1. The number of fused-ring (bicyclic) bond motifs is 6. The molecule has 346 valence electrons. The van der Waals surface area contributed by atoms with E-state index in [1.807, 2.05) is 30.5 Å². The van der Waals surface area contributed by atoms with Crippen molar-refractivity contribution in [3.63, 3.8) is 0 Å². The van der Waals surface area contributed by atoms with Crippen molar-refractivity contribution in [1.82, 2.24) is 62.6 Å². The van der Waals surface area contributed by atoms with E-state index in [4.69, 9.17) is 0 Å². The molecule has 2 N–H and O–H groups in total. The van der Waals surface area contributed by atoms with Gasteiger partial charge in [-0.25, -0.2) is 39.5 Å². The minimum absolute atomic E-state index is 0.0781. The molecule has 2 aromatic carbocycles. The second-order valence-corrected chi connectivity index (χ2v) is 20.3. The van der Waals surface area contributed by atoms with Gasteiger partial charge in [-0.05, 0) is 68.6 Å². The largest absolute Gasteiger partial charge is 0.405 e. The average molecular weight is 946 g/mol. The third-order valence-electron chi connectivity index (χ3n) is 12.5. The third kappa shape index (κ3) is 8.01. The van der Waals surface area contributed by atoms with Gasteiger partial charge >= 0.3 is 12.2 Å². The molecule has 18 nitrogen and oxygen atoms in total. The Morgan fingerprint density at radius 3 is 1.64 bits per heavy atom. The molecule has 2 aliphatic heterocycles. The molecule has 8 heterocycles. The molecule has 2 aliphatic rings. The molecule has 10 rings (SSSR count). The molecular weight excluding hydrogens is 900 g/mol. The van der Waals surface area contributed by atoms with E-state index in [9.17, 15) is 34.8 Å². The summed E-state index contributed by atoms with van der Waals surface area (Å²) < 4.78 is 96.8. The Bertz CT molecular complexity index is 3330. The van der Waals surface area contributed by atoms with Gasteiger partial charge in [-0.1, -0.05) is 62.1 Å². The lowest BCUT2D eigenvalue weighted by Crippen LogP contribution is -2.42. The van der Waals surface area contributed by atoms with Gasteiger partial charge in [0.1, 0.15) is 18.2 Å². The number of carbonyl (C=O) groups is 1. The number of halogens is 3. The van der Waals surface area contributed by atoms with E-state index < -0.39 is 38.8 Å². The zero-order chi connectivity index (χ0) is 46.7. The van der Waals surface area contributed by atoms with Gasteiger partial charge in [0.25, 0.3) is 20.0 Å². The Morgan fingerprint density at radius 2 is 1.17 bits per heavy atom. The van der Waals surface area contributed by atoms with E-state index in [0.29, 0.717) is 46.1 Å². The predicted octanol–water partition coefficient (Wildman–Crippen LogP) is 5.66. The SMILES string of the molecule is CCC1CN(C(=O)NCC(F)(F)F)CC1c1nnc2cnc3c(ccn3S(=O)(=O)c3ccc(C)cc3)n12.CCC1CNCC1c1nnc2cnc3c(ccn3S(=O)(=O)c3ccc(C)cc3)n12. The van der Waals surface area contributed by atoms with Crippen LogP contribution < -0.4 is 10.6 Å². The summed E-state index contributed by atoms with van der Waals surface area (Å²) in [6.07, 6.45) is 3.17. The van der Waals surface area contributed by atoms with Crippen LogP contribution in [-0.2, 0) is 20.0 Å². The number of benzene rings is 2. The first-order chi connectivity index (χ1) is 31.5. The highest BCUT2D eigenvalue weighted by molar-refractivity contribution is 7.90. The standard InChI is InChI=1S/C23H24F3N7O3S.C20H22N6O2S/c1-3-15-11-31(22(34)28-13-23(24,25)26)12-17(15)20-30-29-19-10-27-21-18(33(19)20)8-9-32(21)37(35,36)16-6-4-14(2)5-7-16;1-3-14-10-21-11-16(14)19-24-23-18-12-22-20-17(26(18)19)8-9-25(20)29(27,28)15-6-4-13(2)5-7-15/h4-10,15,17H,3,11-13H2,1-2H3,(H,28,34);4-9,12,14,16,21H,3,10-11H2,1-2H3. The van der Waals surface area contributed by atoms with Crippen molar-refractivity contribution in [3.8, 4) is 0 Å². The van der Waals surface area contributed by atoms with E-state index in [2.05, 4.69) is 42.6 Å². The molecular formula is C43H46F3N13O5S2. The summed E-state index contributed by atoms with van der Waals surface area (Å²) in [7, 11) is -7.68. The lowest BCUT2D eigenvalue weighted by atomic mass is 9.93. The molecule has 66 heavy (non-hydrogen) atoms. The Morgan fingerprint density at radius 1 is 0.682 bits per heavy atom. The minimum atomic E-state index is -4.51. The maximum Gasteiger partial charge on any atom is 0.405 e. The monoisotopic (exact) mass is 945 g/mol. The Hall–Kier alpha value is -6.46. The summed E-state index contributed by atoms with van der Waals surface area (Å²) in [5, 5.41) is 22.6. The fourth-order valence-corrected chi connectivity index (χ4v) is 11.5. The lowest BCUT2D eigenvalue weighted by Gasteiger charge is -2.18. The van der Waals surface area contributed by atoms with Crippen LogP contribution in [0.5, 0.6) is 0 Å². The Balaban J connectivity index is 0.000000171. The van der Waals surface area contributed by atoms with Crippen LogP contribution in [0.2, 0.25) is 0 Å². The summed E-state index contributed by atoms with van der Waals surface area (Å²) in [5.74, 6) is 1.66. The van der Waals surface area contributed by atoms with E-state index in [-0.39, 0.29) is 46.3 Å². The van der Waals surface area contributed by atoms with E-state index in [0.717, 1.165) is 40.4 Å². The van der Waals surface area contributed by atoms with E-state index in [1.54, 1.807) is 65.3 Å². The summed E-state index contributed by atoms with van der Waals surface area (Å²) in [6.45, 7) is 8.68. The Labute approximate surface area is 377 Å². The molecule has 0 spiro atoms. The zero-order valence-corrected chi connectivity index (χ0v) is 37.9. The van der Waals surface area contributed by atoms with Gasteiger partial charge in [0.2, 0.25) is 0 Å². The molecule has 0 radical (unpaired) electrons. The van der Waals surface area contributed by atoms with Crippen molar-refractivity contribution in [2.75, 3.05) is 32.7 Å². The van der Waals surface area contributed by atoms with Crippen LogP contribution >= 0.6 is 0 Å². The zero-order valence-electron chi connectivity index (χ0n) is 36.3. The van der Waals surface area contributed by atoms with Crippen molar-refractivity contribution >= 4 is 59.7 Å². The first-order valence-corrected chi connectivity index (χ1v) is 24.2. The summed E-state index contributed by atoms with van der Waals surface area (Å²) in [6, 6.07) is 15.9. The molecule has 0 bridgehead atoms. The van der Waals surface area contributed by atoms with Crippen LogP contribution in [0.15, 0.2) is 95.2 Å². The van der Waals surface area contributed by atoms with Gasteiger partial charge < -0.3 is 15.5 Å². The number of amides is 2. The number of rotatable bonds is 9. The molecule has 0 aliphatic carbocycles. The van der Waals surface area contributed by atoms with Gasteiger partial charge in [-0.3, -0.25) is 8.80 Å². The lowest BCUT2D eigenvalue weighted by molar-refractivity contribution is -0.123. The van der Waals surface area contributed by atoms with Crippen LogP contribution in [0.25, 0.3) is 33.6 Å². The number of hydrogen-bond donors (Lipinski definition) is 2. The highest BCUT2D eigenvalue weighted by atomic mass is 32.2. The van der Waals surface area contributed by atoms with Crippen molar-refractivity contribution in [1.29, 1.82) is 0 Å². The molecule has 2 fully saturated rings. The summed E-state index contributed by atoms with van der Waals surface area (Å²) in [4.78, 5) is 22.8. The number of carbonyl (C=O) groups excluding carboxylic acids is 1. The number of urea groups is 1. The quantitative estimate of drug-likeness (QED) is 0.180. The number of nitrogens with one attached hydrogen (secondary N) is 2. The van der Waals surface area contributed by atoms with Crippen LogP contribution in [0, 0.1) is 25.7 Å². The first kappa shape index (κ1) is 44.7. The normalized spacial score (nSPS) is 19.3. The van der Waals surface area contributed by atoms with Crippen LogP contribution in [0.4, 0.5) is 18.0 Å². The molecule has 23 heteroatoms. The van der Waals surface area contributed by atoms with Crippen molar-refractivity contribution in [2.24, 2.45) is 11.8 Å². The highest BCUT2D eigenvalue weighted by Gasteiger charge is 2.40. The molecule has 4 atom stereocenters. The number of aromatic nitrogens is 10. The second kappa shape index (κ2) is 17.1. The first-order valence-electron chi connectivity index (χ1n) is 21.4. The van der Waals surface area contributed by atoms with Gasteiger partial charge in [-0.15, -0.1) is 20.4 Å². The fraction of sp³-hybridized carbons (Fsp3) is 0.372. The fourth-order valence-electron chi connectivity index (χ4n) is 8.92. The third-order valence-corrected chi connectivity index (χ3v) is 15.9. The van der Waals surface area contributed by atoms with Gasteiger partial charge in [0, 0.05) is 43.9 Å². The van der Waals surface area contributed by atoms with Crippen LogP contribution in [0.1, 0.15) is 61.3 Å². The van der Waals surface area contributed by atoms with Crippen molar-refractivity contribution in [3.05, 3.63) is 108 Å². The number of hydrogen-bond acceptors (Lipinski definition) is 12. The maximum atomic E-state index is 13.3. The van der Waals surface area contributed by atoms with Gasteiger partial charge in [0.15, 0.2) is 22.6 Å². The molecule has 2 amide bonds. The van der Waals surface area contributed by atoms with Crippen molar-refractivity contribution < 1.29 is 34.8 Å². The van der Waals surface area contributed by atoms with Gasteiger partial charge in [-0.2, -0.15) is 13.2 Å². The summed E-state index contributed by atoms with van der Waals surface area (Å²) in [5.41, 5.74) is 4.66. The molecule has 2 saturated heterocycles. The highest BCUT2D eigenvalue weighted by Crippen LogP contribution is 2.36. The number of aryl methyl sites for hydroxylation is 2. The van der Waals surface area contributed by atoms with Crippen LogP contribution in [-0.4, -0.2) is 114 Å². The van der Waals surface area contributed by atoms with Gasteiger partial charge in [0.05, 0.1) is 33.2 Å². The van der Waals surface area contributed by atoms with E-state index >= 15 is 0 Å². The van der Waals surface area contributed by atoms with Crippen molar-refractivity contribution in [2.45, 2.75) is 68.3 Å². The smallest absolute Gasteiger partial charge is 0.329 e. The molecule has 4 unspecified atom stereocenters. The molecule has 8 aromatic rings. The number of nitrogens with zero attached hydrogens (tertiary/aromatic N) is 11.